The zero-order valence-electron chi connectivity index (χ0n) is 10.1. The number of carboxylic acids is 1. The van der Waals surface area contributed by atoms with Gasteiger partial charge in [0.25, 0.3) is 0 Å². The van der Waals surface area contributed by atoms with Crippen molar-refractivity contribution in [2.24, 2.45) is 0 Å². The van der Waals surface area contributed by atoms with Gasteiger partial charge < -0.3 is 5.11 Å². The van der Waals surface area contributed by atoms with Crippen LogP contribution >= 0.6 is 12.4 Å². The molecule has 1 unspecified atom stereocenters. The van der Waals surface area contributed by atoms with Gasteiger partial charge in [0.1, 0.15) is 6.20 Å². The van der Waals surface area contributed by atoms with Gasteiger partial charge in [-0.15, -0.1) is 12.4 Å². The van der Waals surface area contributed by atoms with E-state index in [1.165, 1.54) is 0 Å². The molecule has 0 bridgehead atoms. The molecule has 0 aromatic heterocycles. The number of nitrogens with zero attached hydrogens (tertiary/aromatic N) is 1. The second kappa shape index (κ2) is 7.71. The van der Waals surface area contributed by atoms with Gasteiger partial charge in [0, 0.05) is 0 Å². The molecular formula is C11H23ClNO2+. The molecule has 0 rings (SSSR count). The van der Waals surface area contributed by atoms with E-state index >= 15 is 0 Å². The summed E-state index contributed by atoms with van der Waals surface area (Å²) >= 11 is 0. The van der Waals surface area contributed by atoms with Crippen LogP contribution in [0.4, 0.5) is 0 Å². The molecule has 1 N–H and O–H groups in total. The highest BCUT2D eigenvalue weighted by atomic mass is 35.5. The molecule has 15 heavy (non-hydrogen) atoms. The molecule has 90 valence electrons. The SMILES string of the molecule is CCCC[N+](C)(C=C(C)C(=O)O)CC.Cl. The van der Waals surface area contributed by atoms with Crippen LogP contribution in [0.1, 0.15) is 33.6 Å². The second-order valence-electron chi connectivity index (χ2n) is 3.99. The Morgan fingerprint density at radius 2 is 1.93 bits per heavy atom. The highest BCUT2D eigenvalue weighted by Gasteiger charge is 2.17. The summed E-state index contributed by atoms with van der Waals surface area (Å²) in [6.07, 6.45) is 4.12. The highest BCUT2D eigenvalue weighted by Crippen LogP contribution is 2.09. The van der Waals surface area contributed by atoms with Crippen LogP contribution < -0.4 is 0 Å². The van der Waals surface area contributed by atoms with E-state index in [0.29, 0.717) is 10.1 Å². The quantitative estimate of drug-likeness (QED) is 0.569. The van der Waals surface area contributed by atoms with Crippen molar-refractivity contribution >= 4 is 18.4 Å². The molecule has 0 heterocycles. The lowest BCUT2D eigenvalue weighted by molar-refractivity contribution is -0.858. The Kier molecular flexibility index (Phi) is 8.68. The van der Waals surface area contributed by atoms with Crippen molar-refractivity contribution in [3.8, 4) is 0 Å². The van der Waals surface area contributed by atoms with E-state index < -0.39 is 5.97 Å². The van der Waals surface area contributed by atoms with Crippen molar-refractivity contribution < 1.29 is 14.4 Å². The zero-order valence-corrected chi connectivity index (χ0v) is 10.9. The van der Waals surface area contributed by atoms with Gasteiger partial charge >= 0.3 is 5.97 Å². The fraction of sp³-hybridized carbons (Fsp3) is 0.727. The predicted octanol–water partition coefficient (Wildman–Crippen LogP) is 2.66. The summed E-state index contributed by atoms with van der Waals surface area (Å²) < 4.78 is 0.714. The van der Waals surface area contributed by atoms with Crippen molar-refractivity contribution in [1.29, 1.82) is 0 Å². The van der Waals surface area contributed by atoms with Crippen LogP contribution in [0.25, 0.3) is 0 Å². The topological polar surface area (TPSA) is 37.3 Å². The molecule has 0 saturated carbocycles. The first-order chi connectivity index (χ1) is 6.45. The van der Waals surface area contributed by atoms with E-state index in [4.69, 9.17) is 5.11 Å². The monoisotopic (exact) mass is 236 g/mol. The highest BCUT2D eigenvalue weighted by molar-refractivity contribution is 5.85. The van der Waals surface area contributed by atoms with Crippen molar-refractivity contribution in [3.05, 3.63) is 11.8 Å². The Labute approximate surface area is 98.8 Å². The standard InChI is InChI=1S/C11H21NO2.ClH/c1-5-7-8-12(4,6-2)9-10(3)11(13)14;/h9H,5-8H2,1-4H3;1H/p+1. The van der Waals surface area contributed by atoms with E-state index in [-0.39, 0.29) is 12.4 Å². The van der Waals surface area contributed by atoms with Crippen LogP contribution in [0.5, 0.6) is 0 Å². The maximum Gasteiger partial charge on any atom is 0.336 e. The first-order valence-corrected chi connectivity index (χ1v) is 5.22. The normalized spacial score (nSPS) is 15.3. The van der Waals surface area contributed by atoms with Crippen LogP contribution in [-0.2, 0) is 4.79 Å². The number of aliphatic carboxylic acids is 1. The number of quaternary nitrogens is 1. The molecule has 0 spiro atoms. The van der Waals surface area contributed by atoms with Gasteiger partial charge in [-0.2, -0.15) is 0 Å². The summed E-state index contributed by atoms with van der Waals surface area (Å²) in [5, 5.41) is 8.79. The average molecular weight is 237 g/mol. The molecule has 0 radical (unpaired) electrons. The van der Waals surface area contributed by atoms with E-state index in [1.54, 1.807) is 6.92 Å². The van der Waals surface area contributed by atoms with E-state index in [0.717, 1.165) is 25.9 Å². The number of halogens is 1. The minimum atomic E-state index is -0.820. The van der Waals surface area contributed by atoms with Gasteiger partial charge in [0.2, 0.25) is 0 Å². The summed E-state index contributed by atoms with van der Waals surface area (Å²) in [5.41, 5.74) is 0.436. The summed E-state index contributed by atoms with van der Waals surface area (Å²) in [5.74, 6) is -0.820. The third kappa shape index (κ3) is 6.52. The fourth-order valence-corrected chi connectivity index (χ4v) is 1.36. The van der Waals surface area contributed by atoms with Gasteiger partial charge in [0.15, 0.2) is 0 Å². The minimum Gasteiger partial charge on any atom is -0.478 e. The van der Waals surface area contributed by atoms with E-state index in [2.05, 4.69) is 20.9 Å². The van der Waals surface area contributed by atoms with Crippen molar-refractivity contribution in [1.82, 2.24) is 0 Å². The molecule has 0 amide bonds. The lowest BCUT2D eigenvalue weighted by Gasteiger charge is -2.29. The van der Waals surface area contributed by atoms with E-state index in [9.17, 15) is 4.79 Å². The molecule has 0 saturated heterocycles. The molecule has 0 aliphatic heterocycles. The third-order valence-corrected chi connectivity index (χ3v) is 2.59. The maximum absolute atomic E-state index is 10.7. The molecule has 0 aromatic rings. The number of unbranched alkanes of at least 4 members (excludes halogenated alkanes) is 1. The Morgan fingerprint density at radius 3 is 2.27 bits per heavy atom. The van der Waals surface area contributed by atoms with Gasteiger partial charge in [-0.3, -0.25) is 4.48 Å². The molecule has 0 fully saturated rings. The zero-order chi connectivity index (χ0) is 11.2. The fourth-order valence-electron chi connectivity index (χ4n) is 1.36. The van der Waals surface area contributed by atoms with Crippen LogP contribution in [-0.4, -0.2) is 35.7 Å². The van der Waals surface area contributed by atoms with E-state index in [1.807, 2.05) is 6.20 Å². The van der Waals surface area contributed by atoms with Gasteiger partial charge in [-0.25, -0.2) is 4.79 Å². The second-order valence-corrected chi connectivity index (χ2v) is 3.99. The first kappa shape index (κ1) is 16.9. The summed E-state index contributed by atoms with van der Waals surface area (Å²) in [6.45, 7) is 7.83. The molecule has 0 aromatic carbocycles. The van der Waals surface area contributed by atoms with Crippen LogP contribution in [0, 0.1) is 0 Å². The lowest BCUT2D eigenvalue weighted by atomic mass is 10.2. The van der Waals surface area contributed by atoms with Gasteiger partial charge in [-0.05, 0) is 20.3 Å². The Bertz CT molecular complexity index is 229. The minimum absolute atomic E-state index is 0. The Balaban J connectivity index is 0. The Morgan fingerprint density at radius 1 is 1.40 bits per heavy atom. The van der Waals surface area contributed by atoms with Crippen molar-refractivity contribution in [2.45, 2.75) is 33.6 Å². The smallest absolute Gasteiger partial charge is 0.336 e. The molecule has 3 nitrogen and oxygen atoms in total. The molecule has 0 aliphatic rings. The molecule has 1 atom stereocenters. The van der Waals surface area contributed by atoms with Crippen LogP contribution in [0.3, 0.4) is 0 Å². The summed E-state index contributed by atoms with van der Waals surface area (Å²) in [4.78, 5) is 10.7. The molecule has 0 aliphatic carbocycles. The van der Waals surface area contributed by atoms with Gasteiger partial charge in [-0.1, -0.05) is 13.3 Å². The maximum atomic E-state index is 10.7. The number of carbonyl (C=O) groups is 1. The van der Waals surface area contributed by atoms with Crippen LogP contribution in [0.15, 0.2) is 11.8 Å². The number of hydrogen-bond acceptors (Lipinski definition) is 1. The number of hydrogen-bond donors (Lipinski definition) is 1. The van der Waals surface area contributed by atoms with Crippen LogP contribution in [0.2, 0.25) is 0 Å². The van der Waals surface area contributed by atoms with Crippen molar-refractivity contribution in [3.63, 3.8) is 0 Å². The molecule has 4 heteroatoms. The molecular weight excluding hydrogens is 214 g/mol. The Hall–Kier alpha value is -0.540. The lowest BCUT2D eigenvalue weighted by Crippen LogP contribution is -2.39. The average Bonchev–Trinajstić information content (AvgIpc) is 2.14. The first-order valence-electron chi connectivity index (χ1n) is 5.22. The van der Waals surface area contributed by atoms with Gasteiger partial charge in [0.05, 0.1) is 25.7 Å². The summed E-state index contributed by atoms with van der Waals surface area (Å²) in [6, 6.07) is 0. The number of carboxylic acid groups (broad SMARTS) is 1. The predicted molar refractivity (Wildman–Crippen MR) is 65.1 cm³/mol. The summed E-state index contributed by atoms with van der Waals surface area (Å²) in [7, 11) is 2.07. The largest absolute Gasteiger partial charge is 0.478 e. The van der Waals surface area contributed by atoms with Crippen molar-refractivity contribution in [2.75, 3.05) is 20.1 Å². The third-order valence-electron chi connectivity index (χ3n) is 2.59. The number of rotatable bonds is 6.